The summed E-state index contributed by atoms with van der Waals surface area (Å²) in [4.78, 5) is 10.8. The van der Waals surface area contributed by atoms with Gasteiger partial charge in [-0.3, -0.25) is 0 Å². The Morgan fingerprint density at radius 3 is 2.30 bits per heavy atom. The number of carboxylic acid groups (broad SMARTS) is 1. The van der Waals surface area contributed by atoms with Crippen LogP contribution < -0.4 is 0 Å². The molecule has 1 N–H and O–H groups in total. The van der Waals surface area contributed by atoms with Crippen molar-refractivity contribution in [3.63, 3.8) is 0 Å². The average Bonchev–Trinajstić information content (AvgIpc) is 3.21. The Morgan fingerprint density at radius 2 is 1.70 bits per heavy atom. The van der Waals surface area contributed by atoms with E-state index >= 15 is 0 Å². The monoisotopic (exact) mass is 394 g/mol. The zero-order valence-electron chi connectivity index (χ0n) is 19.7. The van der Waals surface area contributed by atoms with E-state index in [0.717, 1.165) is 12.0 Å². The fraction of sp³-hybridized carbons (Fsp3) is 0.542. The zero-order chi connectivity index (χ0) is 19.3. The average molecular weight is 395 g/mol. The van der Waals surface area contributed by atoms with Crippen LogP contribution in [-0.2, 0) is 21.0 Å². The summed E-state index contributed by atoms with van der Waals surface area (Å²) in [6.07, 6.45) is 9.00. The van der Waals surface area contributed by atoms with Crippen molar-refractivity contribution in [3.05, 3.63) is 58.7 Å². The fourth-order valence-electron chi connectivity index (χ4n) is 4.46. The quantitative estimate of drug-likeness (QED) is 0.401. The minimum atomic E-state index is -0.884. The van der Waals surface area contributed by atoms with Gasteiger partial charge in [0.1, 0.15) is 0 Å². The first-order valence-electron chi connectivity index (χ1n) is 9.71. The molecule has 2 nitrogen and oxygen atoms in total. The Kier molecular flexibility index (Phi) is 6.47. The SMILES string of the molecule is CC(/C=C/[C@@H]1C[C@]1(C)c1ccc2c(c1)C(C)(C)CCC2(C)C)=C\C(=O)O.[Ca+2].[H-].[H-]. The van der Waals surface area contributed by atoms with E-state index in [1.807, 2.05) is 13.0 Å². The molecule has 2 aliphatic rings. The molecule has 3 heteroatoms. The Bertz CT molecular complexity index is 811. The third-order valence-electron chi connectivity index (χ3n) is 6.76. The summed E-state index contributed by atoms with van der Waals surface area (Å²) >= 11 is 0. The van der Waals surface area contributed by atoms with Gasteiger partial charge in [0.15, 0.2) is 0 Å². The second kappa shape index (κ2) is 7.69. The molecule has 0 saturated heterocycles. The molecule has 0 aliphatic heterocycles. The van der Waals surface area contributed by atoms with Crippen molar-refractivity contribution in [3.8, 4) is 0 Å². The molecule has 0 heterocycles. The Morgan fingerprint density at radius 1 is 1.11 bits per heavy atom. The molecule has 3 rings (SSSR count). The number of benzene rings is 1. The topological polar surface area (TPSA) is 37.3 Å². The molecule has 144 valence electrons. The van der Waals surface area contributed by atoms with E-state index in [4.69, 9.17) is 5.11 Å². The van der Waals surface area contributed by atoms with Gasteiger partial charge in [-0.15, -0.1) is 0 Å². The Hall–Kier alpha value is -0.570. The summed E-state index contributed by atoms with van der Waals surface area (Å²) in [5, 5.41) is 8.84. The molecule has 0 spiro atoms. The standard InChI is InChI=1S/C24H32O2.Ca.2H/c1-16(13-21(25)26)7-8-18-15-24(18,6)17-9-10-19-20(14-17)23(4,5)12-11-22(19,2)3;;;/h7-10,13-14,18H,11-12,15H2,1-6H3,(H,25,26);;;/q;+2;2*-1/b8-7+,16-13+;;;/t18-,24-;;;/m1.../s1. The van der Waals surface area contributed by atoms with Crippen LogP contribution in [0.2, 0.25) is 0 Å². The Balaban J connectivity index is 0.00000261. The maximum atomic E-state index is 10.8. The van der Waals surface area contributed by atoms with Crippen molar-refractivity contribution in [2.24, 2.45) is 5.92 Å². The van der Waals surface area contributed by atoms with Crippen LogP contribution in [0.15, 0.2) is 42.0 Å². The minimum absolute atomic E-state index is 0. The summed E-state index contributed by atoms with van der Waals surface area (Å²) in [5.74, 6) is -0.400. The molecule has 27 heavy (non-hydrogen) atoms. The van der Waals surface area contributed by atoms with Crippen molar-refractivity contribution in [1.29, 1.82) is 0 Å². The van der Waals surface area contributed by atoms with Gasteiger partial charge >= 0.3 is 43.7 Å². The van der Waals surface area contributed by atoms with Gasteiger partial charge in [-0.25, -0.2) is 4.79 Å². The summed E-state index contributed by atoms with van der Waals surface area (Å²) in [5.41, 5.74) is 5.91. The van der Waals surface area contributed by atoms with Crippen LogP contribution in [-0.4, -0.2) is 48.8 Å². The molecular formula is C24H34CaO2. The molecule has 1 saturated carbocycles. The number of allylic oxidation sites excluding steroid dienone is 3. The van der Waals surface area contributed by atoms with E-state index in [-0.39, 0.29) is 56.8 Å². The van der Waals surface area contributed by atoms with Crippen LogP contribution >= 0.6 is 0 Å². The van der Waals surface area contributed by atoms with Gasteiger partial charge in [0.05, 0.1) is 0 Å². The zero-order valence-corrected chi connectivity index (χ0v) is 19.9. The number of rotatable bonds is 4. The predicted octanol–water partition coefficient (Wildman–Crippen LogP) is 5.74. The molecule has 1 aromatic rings. The number of carboxylic acids is 1. The van der Waals surface area contributed by atoms with Crippen molar-refractivity contribution in [2.75, 3.05) is 0 Å². The van der Waals surface area contributed by atoms with Gasteiger partial charge in [0.25, 0.3) is 0 Å². The molecule has 2 atom stereocenters. The first-order valence-corrected chi connectivity index (χ1v) is 9.71. The predicted molar refractivity (Wildman–Crippen MR) is 116 cm³/mol. The van der Waals surface area contributed by atoms with E-state index in [9.17, 15) is 4.79 Å². The third kappa shape index (κ3) is 4.54. The first-order chi connectivity index (χ1) is 12.0. The normalized spacial score (nSPS) is 28.4. The van der Waals surface area contributed by atoms with Gasteiger partial charge in [-0.2, -0.15) is 0 Å². The number of fused-ring (bicyclic) bond motifs is 1. The first kappa shape index (κ1) is 22.7. The second-order valence-corrected chi connectivity index (χ2v) is 9.84. The maximum absolute atomic E-state index is 10.8. The van der Waals surface area contributed by atoms with Crippen LogP contribution in [0.3, 0.4) is 0 Å². The second-order valence-electron chi connectivity index (χ2n) is 9.84. The van der Waals surface area contributed by atoms with Crippen LogP contribution in [0, 0.1) is 5.92 Å². The van der Waals surface area contributed by atoms with E-state index in [1.165, 1.54) is 35.6 Å². The van der Waals surface area contributed by atoms with E-state index in [0.29, 0.717) is 5.92 Å². The third-order valence-corrected chi connectivity index (χ3v) is 6.76. The van der Waals surface area contributed by atoms with Crippen molar-refractivity contribution >= 4 is 43.7 Å². The van der Waals surface area contributed by atoms with E-state index < -0.39 is 5.97 Å². The van der Waals surface area contributed by atoms with Crippen LogP contribution in [0.5, 0.6) is 0 Å². The molecule has 1 aromatic carbocycles. The fourth-order valence-corrected chi connectivity index (χ4v) is 4.46. The molecule has 0 amide bonds. The summed E-state index contributed by atoms with van der Waals surface area (Å²) in [6, 6.07) is 7.16. The summed E-state index contributed by atoms with van der Waals surface area (Å²) in [7, 11) is 0. The molecule has 0 unspecified atom stereocenters. The van der Waals surface area contributed by atoms with Crippen LogP contribution in [0.25, 0.3) is 0 Å². The Labute approximate surface area is 197 Å². The summed E-state index contributed by atoms with van der Waals surface area (Å²) in [6.45, 7) is 13.6. The molecular weight excluding hydrogens is 360 g/mol. The van der Waals surface area contributed by atoms with Crippen molar-refractivity contribution < 1.29 is 12.8 Å². The molecule has 0 bridgehead atoms. The molecule has 2 aliphatic carbocycles. The van der Waals surface area contributed by atoms with Crippen molar-refractivity contribution in [1.82, 2.24) is 0 Å². The summed E-state index contributed by atoms with van der Waals surface area (Å²) < 4.78 is 0. The minimum Gasteiger partial charge on any atom is -1.00 e. The van der Waals surface area contributed by atoms with Crippen LogP contribution in [0.4, 0.5) is 0 Å². The smallest absolute Gasteiger partial charge is 1.00 e. The number of carbonyl (C=O) groups is 1. The van der Waals surface area contributed by atoms with Gasteiger partial charge in [-0.1, -0.05) is 65.0 Å². The van der Waals surface area contributed by atoms with Gasteiger partial charge in [-0.05, 0) is 70.6 Å². The van der Waals surface area contributed by atoms with Gasteiger partial charge in [0, 0.05) is 6.08 Å². The van der Waals surface area contributed by atoms with Gasteiger partial charge < -0.3 is 7.96 Å². The number of hydrogen-bond donors (Lipinski definition) is 1. The van der Waals surface area contributed by atoms with Crippen LogP contribution in [0.1, 0.15) is 80.3 Å². The molecule has 0 radical (unpaired) electrons. The van der Waals surface area contributed by atoms with Crippen molar-refractivity contribution in [2.45, 2.75) is 77.0 Å². The largest absolute Gasteiger partial charge is 2.00 e. The molecule has 0 aromatic heterocycles. The maximum Gasteiger partial charge on any atom is 2.00 e. The van der Waals surface area contributed by atoms with E-state index in [2.05, 4.69) is 58.9 Å². The van der Waals surface area contributed by atoms with Gasteiger partial charge in [0.2, 0.25) is 0 Å². The molecule has 1 fully saturated rings. The number of aliphatic carboxylic acids is 1. The number of hydrogen-bond acceptors (Lipinski definition) is 1. The van der Waals surface area contributed by atoms with E-state index in [1.54, 1.807) is 0 Å².